The molecule has 10 nitrogen and oxygen atoms in total. The van der Waals surface area contributed by atoms with E-state index in [-0.39, 0.29) is 51.0 Å². The number of thiophene rings is 1. The molecule has 0 aliphatic carbocycles. The fourth-order valence-corrected chi connectivity index (χ4v) is 7.40. The Morgan fingerprint density at radius 3 is 1.87 bits per heavy atom. The number of fused-ring (bicyclic) bond motifs is 17. The molecule has 7 rings (SSSR count). The van der Waals surface area contributed by atoms with Crippen molar-refractivity contribution in [3.63, 3.8) is 0 Å². The van der Waals surface area contributed by atoms with E-state index < -0.39 is 47.6 Å². The van der Waals surface area contributed by atoms with E-state index in [1.165, 1.54) is 11.3 Å². The number of benzene rings is 4. The van der Waals surface area contributed by atoms with Gasteiger partial charge in [0, 0.05) is 42.8 Å². The van der Waals surface area contributed by atoms with Gasteiger partial charge in [-0.1, -0.05) is 103 Å². The van der Waals surface area contributed by atoms with E-state index in [0.29, 0.717) is 0 Å². The topological polar surface area (TPSA) is 154 Å². The molecular formula is C44H44N4O6S. The molecule has 0 saturated heterocycles. The van der Waals surface area contributed by atoms with E-state index in [4.69, 9.17) is 0 Å². The van der Waals surface area contributed by atoms with Crippen LogP contribution in [-0.2, 0) is 49.7 Å². The van der Waals surface area contributed by atoms with Crippen LogP contribution in [0.3, 0.4) is 0 Å². The number of carbonyl (C=O) groups excluding carboxylic acids is 4. The first kappa shape index (κ1) is 38.6. The van der Waals surface area contributed by atoms with E-state index in [0.717, 1.165) is 38.4 Å². The molecule has 4 atom stereocenters. The van der Waals surface area contributed by atoms with Crippen LogP contribution in [0.15, 0.2) is 127 Å². The molecule has 2 aliphatic rings. The molecule has 11 heteroatoms. The van der Waals surface area contributed by atoms with Crippen LogP contribution in [-0.4, -0.2) is 59.3 Å². The summed E-state index contributed by atoms with van der Waals surface area (Å²) in [6.07, 6.45) is 0.324. The Morgan fingerprint density at radius 1 is 0.618 bits per heavy atom. The van der Waals surface area contributed by atoms with Gasteiger partial charge in [0.2, 0.25) is 17.7 Å². The Morgan fingerprint density at radius 2 is 1.22 bits per heavy atom. The molecule has 3 heterocycles. The zero-order valence-corrected chi connectivity index (χ0v) is 31.1. The van der Waals surface area contributed by atoms with Crippen molar-refractivity contribution in [3.05, 3.63) is 148 Å². The minimum absolute atomic E-state index is 0.0814. The summed E-state index contributed by atoms with van der Waals surface area (Å²) >= 11 is 1.46. The number of carbonyl (C=O) groups is 5. The summed E-state index contributed by atoms with van der Waals surface area (Å²) in [6, 6.07) is 34.5. The van der Waals surface area contributed by atoms with Gasteiger partial charge >= 0.3 is 5.97 Å². The molecule has 2 aliphatic heterocycles. The maximum atomic E-state index is 14.4. The number of rotatable bonds is 8. The van der Waals surface area contributed by atoms with Crippen molar-refractivity contribution in [2.24, 2.45) is 5.92 Å². The Hall–Kier alpha value is -6.07. The van der Waals surface area contributed by atoms with E-state index >= 15 is 0 Å². The molecule has 4 aromatic carbocycles. The average Bonchev–Trinajstić information content (AvgIpc) is 3.71. The fourth-order valence-electron chi connectivity index (χ4n) is 6.65. The van der Waals surface area contributed by atoms with Gasteiger partial charge in [-0.15, -0.1) is 11.3 Å². The van der Waals surface area contributed by atoms with Crippen LogP contribution >= 0.6 is 11.3 Å². The van der Waals surface area contributed by atoms with Crippen LogP contribution in [0.1, 0.15) is 34.4 Å². The number of nitrogens with one attached hydrogen (secondary N) is 4. The highest BCUT2D eigenvalue weighted by Crippen LogP contribution is 2.22. The Kier molecular flexibility index (Phi) is 13.2. The molecule has 0 unspecified atom stereocenters. The van der Waals surface area contributed by atoms with Gasteiger partial charge in [-0.2, -0.15) is 0 Å². The quantitative estimate of drug-likeness (QED) is 0.129. The second kappa shape index (κ2) is 18.8. The molecule has 3 amide bonds. The Bertz CT molecular complexity index is 2060. The lowest BCUT2D eigenvalue weighted by molar-refractivity contribution is -0.144. The van der Waals surface area contributed by atoms with Gasteiger partial charge in [0.25, 0.3) is 0 Å². The Balaban J connectivity index is 1.33. The number of aliphatic carboxylic acids is 1. The zero-order valence-electron chi connectivity index (χ0n) is 30.3. The van der Waals surface area contributed by atoms with Gasteiger partial charge < -0.3 is 26.4 Å². The summed E-state index contributed by atoms with van der Waals surface area (Å²) in [4.78, 5) is 69.2. The normalized spacial score (nSPS) is 20.1. The summed E-state index contributed by atoms with van der Waals surface area (Å²) < 4.78 is 0. The second-order valence-corrected chi connectivity index (χ2v) is 14.8. The number of hydrogen-bond donors (Lipinski definition) is 5. The maximum absolute atomic E-state index is 14.4. The van der Waals surface area contributed by atoms with Crippen LogP contribution in [0, 0.1) is 5.92 Å². The highest BCUT2D eigenvalue weighted by atomic mass is 32.1. The lowest BCUT2D eigenvalue weighted by atomic mass is 9.90. The van der Waals surface area contributed by atoms with Crippen molar-refractivity contribution >= 4 is 46.5 Å². The monoisotopic (exact) mass is 756 g/mol. The summed E-state index contributed by atoms with van der Waals surface area (Å²) in [5.74, 6) is -4.07. The summed E-state index contributed by atoms with van der Waals surface area (Å²) in [7, 11) is 0. The number of amides is 3. The van der Waals surface area contributed by atoms with Crippen LogP contribution in [0.4, 0.5) is 5.69 Å². The second-order valence-electron chi connectivity index (χ2n) is 13.8. The maximum Gasteiger partial charge on any atom is 0.307 e. The minimum atomic E-state index is -1.13. The smallest absolute Gasteiger partial charge is 0.307 e. The van der Waals surface area contributed by atoms with E-state index in [2.05, 4.69) is 21.3 Å². The number of Topliss-reactive ketones (excluding diaryl/α,β-unsaturated/α-hetero) is 1. The molecule has 0 fully saturated rings. The zero-order chi connectivity index (χ0) is 38.6. The highest BCUT2D eigenvalue weighted by Gasteiger charge is 2.32. The lowest BCUT2D eigenvalue weighted by Crippen LogP contribution is -2.57. The molecule has 0 spiro atoms. The first-order valence-electron chi connectivity index (χ1n) is 18.4. The highest BCUT2D eigenvalue weighted by molar-refractivity contribution is 7.09. The number of carboxylic acid groups (broad SMARTS) is 1. The van der Waals surface area contributed by atoms with Gasteiger partial charge in [-0.3, -0.25) is 24.0 Å². The molecule has 282 valence electrons. The van der Waals surface area contributed by atoms with Gasteiger partial charge in [0.05, 0.1) is 12.0 Å². The molecular weight excluding hydrogens is 713 g/mol. The van der Waals surface area contributed by atoms with E-state index in [1.807, 2.05) is 102 Å². The van der Waals surface area contributed by atoms with E-state index in [9.17, 15) is 29.1 Å². The Labute approximate surface area is 324 Å². The van der Waals surface area contributed by atoms with Gasteiger partial charge in [0.1, 0.15) is 12.1 Å². The fraction of sp³-hybridized carbons (Fsp3) is 0.250. The van der Waals surface area contributed by atoms with Crippen molar-refractivity contribution in [2.45, 2.75) is 56.7 Å². The molecule has 1 aromatic heterocycles. The molecule has 5 N–H and O–H groups in total. The van der Waals surface area contributed by atoms with Gasteiger partial charge in [0.15, 0.2) is 5.78 Å². The summed E-state index contributed by atoms with van der Waals surface area (Å²) in [5, 5.41) is 24.0. The van der Waals surface area contributed by atoms with Crippen molar-refractivity contribution in [1.82, 2.24) is 16.0 Å². The molecule has 55 heavy (non-hydrogen) atoms. The third kappa shape index (κ3) is 11.2. The van der Waals surface area contributed by atoms with Crippen LogP contribution in [0.2, 0.25) is 0 Å². The van der Waals surface area contributed by atoms with Gasteiger partial charge in [-0.25, -0.2) is 0 Å². The molecule has 2 bridgehead atoms. The first-order valence-corrected chi connectivity index (χ1v) is 19.3. The average molecular weight is 757 g/mol. The predicted octanol–water partition coefficient (Wildman–Crippen LogP) is 5.62. The molecule has 0 saturated carbocycles. The summed E-state index contributed by atoms with van der Waals surface area (Å²) in [5.41, 5.74) is 5.04. The van der Waals surface area contributed by atoms with Crippen molar-refractivity contribution < 1.29 is 29.1 Å². The molecule has 5 aromatic rings. The minimum Gasteiger partial charge on any atom is -0.481 e. The third-order valence-corrected chi connectivity index (χ3v) is 10.6. The van der Waals surface area contributed by atoms with E-state index in [1.54, 1.807) is 24.3 Å². The van der Waals surface area contributed by atoms with Crippen LogP contribution < -0.4 is 21.3 Å². The lowest BCUT2D eigenvalue weighted by Gasteiger charge is -2.26. The summed E-state index contributed by atoms with van der Waals surface area (Å²) in [6.45, 7) is 0.289. The predicted molar refractivity (Wildman–Crippen MR) is 214 cm³/mol. The number of ketones is 1. The first-order chi connectivity index (χ1) is 26.7. The van der Waals surface area contributed by atoms with Crippen molar-refractivity contribution in [1.29, 1.82) is 0 Å². The standard InChI is InChI=1S/C44H44N4O6S/c49-40-27-34(44(53)54)24-30-15-19-35(20-16-30)45-22-21-41(50)46-39(28-36-12-7-23-55-36)43(52)48-38(42(51)47-37(40)25-29-8-3-1-4-9-29)26-31-13-17-33(18-14-31)32-10-5-2-6-11-32/h1-20,23,34,37-39,45H,21-22,24-28H2,(H,46,50)(H,47,51)(H,48,52)(H,53,54)/t34-,37-,38+,39-/m1/s1. The third-order valence-electron chi connectivity index (χ3n) is 9.67. The van der Waals surface area contributed by atoms with Crippen LogP contribution in [0.5, 0.6) is 0 Å². The van der Waals surface area contributed by atoms with Gasteiger partial charge in [-0.05, 0) is 64.2 Å². The SMILES string of the molecule is O=C1CCNc2ccc(cc2)C[C@@H](C(=O)O)CC(=O)[C@@H](Cc2ccccc2)NC(=O)[C@H](Cc2ccc(-c3ccccc3)cc2)NC(=O)[C@@H](Cc2cccs2)N1. The van der Waals surface area contributed by atoms with Crippen LogP contribution in [0.25, 0.3) is 11.1 Å². The molecule has 0 radical (unpaired) electrons. The largest absolute Gasteiger partial charge is 0.481 e. The number of hydrogen-bond acceptors (Lipinski definition) is 7. The van der Waals surface area contributed by atoms with Crippen molar-refractivity contribution in [3.8, 4) is 11.1 Å². The van der Waals surface area contributed by atoms with Crippen molar-refractivity contribution in [2.75, 3.05) is 11.9 Å². The number of carboxylic acids is 1. The number of anilines is 1.